The third-order valence-corrected chi connectivity index (χ3v) is 3.12. The van der Waals surface area contributed by atoms with Crippen LogP contribution in [0.4, 0.5) is 0 Å². The molecule has 0 atom stereocenters. The lowest BCUT2D eigenvalue weighted by atomic mass is 9.98. The molecule has 3 nitrogen and oxygen atoms in total. The zero-order chi connectivity index (χ0) is 12.5. The molecule has 3 rings (SSSR count). The first kappa shape index (κ1) is 10.7. The van der Waals surface area contributed by atoms with E-state index in [9.17, 15) is 4.79 Å². The topological polar surface area (TPSA) is 45.8 Å². The Morgan fingerprint density at radius 1 is 1.22 bits per heavy atom. The fourth-order valence-corrected chi connectivity index (χ4v) is 2.20. The van der Waals surface area contributed by atoms with Gasteiger partial charge in [0.15, 0.2) is 0 Å². The molecule has 2 aromatic carbocycles. The van der Waals surface area contributed by atoms with Crippen LogP contribution in [0, 0.1) is 6.92 Å². The van der Waals surface area contributed by atoms with Gasteiger partial charge in [0, 0.05) is 10.9 Å². The maximum Gasteiger partial charge on any atom is 0.150 e. The number of benzene rings is 2. The molecule has 18 heavy (non-hydrogen) atoms. The molecule has 0 spiro atoms. The molecule has 0 aliphatic heterocycles. The Morgan fingerprint density at radius 2 is 2.11 bits per heavy atom. The maximum atomic E-state index is 10.8. The first-order chi connectivity index (χ1) is 8.78. The van der Waals surface area contributed by atoms with Crippen LogP contribution in [0.2, 0.25) is 0 Å². The Hall–Kier alpha value is -2.42. The number of hydrogen-bond donors (Lipinski definition) is 1. The molecule has 1 aromatic heterocycles. The van der Waals surface area contributed by atoms with Crippen LogP contribution in [0.15, 0.2) is 42.6 Å². The van der Waals surface area contributed by atoms with E-state index in [0.717, 1.165) is 28.3 Å². The molecule has 0 amide bonds. The average Bonchev–Trinajstić information content (AvgIpc) is 2.85. The Balaban J connectivity index is 2.22. The fourth-order valence-electron chi connectivity index (χ4n) is 2.20. The van der Waals surface area contributed by atoms with E-state index in [1.54, 1.807) is 6.07 Å². The van der Waals surface area contributed by atoms with E-state index in [-0.39, 0.29) is 0 Å². The molecule has 0 radical (unpaired) electrons. The number of carbonyl (C=O) groups is 1. The lowest BCUT2D eigenvalue weighted by molar-refractivity contribution is 0.112. The summed E-state index contributed by atoms with van der Waals surface area (Å²) in [5.41, 5.74) is 5.04. The van der Waals surface area contributed by atoms with Crippen molar-refractivity contribution in [1.29, 1.82) is 0 Å². The predicted octanol–water partition coefficient (Wildman–Crippen LogP) is 3.35. The van der Waals surface area contributed by atoms with Crippen molar-refractivity contribution in [2.24, 2.45) is 0 Å². The van der Waals surface area contributed by atoms with Crippen molar-refractivity contribution < 1.29 is 4.79 Å². The highest BCUT2D eigenvalue weighted by atomic mass is 16.1. The number of carbonyl (C=O) groups excluding carboxylic acids is 1. The second-order valence-electron chi connectivity index (χ2n) is 4.37. The zero-order valence-corrected chi connectivity index (χ0v) is 9.97. The summed E-state index contributed by atoms with van der Waals surface area (Å²) < 4.78 is 0. The van der Waals surface area contributed by atoms with Gasteiger partial charge >= 0.3 is 0 Å². The van der Waals surface area contributed by atoms with Crippen molar-refractivity contribution in [3.8, 4) is 11.1 Å². The highest BCUT2D eigenvalue weighted by Crippen LogP contribution is 2.27. The van der Waals surface area contributed by atoms with Gasteiger partial charge in [-0.15, -0.1) is 0 Å². The summed E-state index contributed by atoms with van der Waals surface area (Å²) in [5.74, 6) is 0. The second-order valence-corrected chi connectivity index (χ2v) is 4.37. The van der Waals surface area contributed by atoms with Crippen molar-refractivity contribution >= 4 is 17.2 Å². The number of aryl methyl sites for hydroxylation is 1. The first-order valence-corrected chi connectivity index (χ1v) is 5.77. The van der Waals surface area contributed by atoms with Crippen LogP contribution in [-0.4, -0.2) is 16.5 Å². The molecule has 0 aliphatic rings. The van der Waals surface area contributed by atoms with Crippen molar-refractivity contribution in [2.75, 3.05) is 0 Å². The largest absolute Gasteiger partial charge is 0.298 e. The zero-order valence-electron chi connectivity index (χ0n) is 9.97. The highest BCUT2D eigenvalue weighted by molar-refractivity contribution is 5.87. The van der Waals surface area contributed by atoms with Crippen LogP contribution >= 0.6 is 0 Å². The average molecular weight is 236 g/mol. The summed E-state index contributed by atoms with van der Waals surface area (Å²) in [4.78, 5) is 10.8. The molecule has 88 valence electrons. The first-order valence-electron chi connectivity index (χ1n) is 5.77. The normalized spacial score (nSPS) is 10.7. The van der Waals surface area contributed by atoms with Gasteiger partial charge in [-0.2, -0.15) is 5.10 Å². The minimum absolute atomic E-state index is 0.691. The standard InChI is InChI=1S/C15H12N2O/c1-10-5-13-8-16-17-15(13)7-14(10)12-4-2-3-11(6-12)9-18/h2-9H,1H3,(H,16,17). The monoisotopic (exact) mass is 236 g/mol. The molecule has 0 saturated heterocycles. The van der Waals surface area contributed by atoms with E-state index in [1.807, 2.05) is 24.4 Å². The van der Waals surface area contributed by atoms with Gasteiger partial charge in [-0.05, 0) is 41.8 Å². The van der Waals surface area contributed by atoms with E-state index < -0.39 is 0 Å². The van der Waals surface area contributed by atoms with Crippen LogP contribution in [0.1, 0.15) is 15.9 Å². The van der Waals surface area contributed by atoms with E-state index in [0.29, 0.717) is 5.56 Å². The van der Waals surface area contributed by atoms with Crippen LogP contribution < -0.4 is 0 Å². The third kappa shape index (κ3) is 1.70. The van der Waals surface area contributed by atoms with Crippen LogP contribution in [0.25, 0.3) is 22.0 Å². The van der Waals surface area contributed by atoms with Gasteiger partial charge in [0.05, 0.1) is 11.7 Å². The van der Waals surface area contributed by atoms with Crippen molar-refractivity contribution in [3.05, 3.63) is 53.7 Å². The molecule has 0 unspecified atom stereocenters. The van der Waals surface area contributed by atoms with Gasteiger partial charge in [-0.1, -0.05) is 18.2 Å². The molecular weight excluding hydrogens is 224 g/mol. The smallest absolute Gasteiger partial charge is 0.150 e. The number of aromatic nitrogens is 2. The number of fused-ring (bicyclic) bond motifs is 1. The minimum Gasteiger partial charge on any atom is -0.298 e. The van der Waals surface area contributed by atoms with Crippen molar-refractivity contribution in [2.45, 2.75) is 6.92 Å². The van der Waals surface area contributed by atoms with Gasteiger partial charge < -0.3 is 0 Å². The van der Waals surface area contributed by atoms with E-state index >= 15 is 0 Å². The Labute approximate surface area is 104 Å². The molecule has 1 heterocycles. The molecule has 0 aliphatic carbocycles. The fraction of sp³-hybridized carbons (Fsp3) is 0.0667. The molecule has 0 saturated carbocycles. The van der Waals surface area contributed by atoms with Crippen molar-refractivity contribution in [1.82, 2.24) is 10.2 Å². The van der Waals surface area contributed by atoms with E-state index in [1.165, 1.54) is 5.56 Å². The summed E-state index contributed by atoms with van der Waals surface area (Å²) in [6.45, 7) is 2.06. The number of H-pyrrole nitrogens is 1. The van der Waals surface area contributed by atoms with Gasteiger partial charge in [0.1, 0.15) is 6.29 Å². The summed E-state index contributed by atoms with van der Waals surface area (Å²) in [6, 6.07) is 11.8. The van der Waals surface area contributed by atoms with Crippen molar-refractivity contribution in [3.63, 3.8) is 0 Å². The van der Waals surface area contributed by atoms with Crippen LogP contribution in [0.3, 0.4) is 0 Å². The number of nitrogens with zero attached hydrogens (tertiary/aromatic N) is 1. The molecule has 0 bridgehead atoms. The highest BCUT2D eigenvalue weighted by Gasteiger charge is 2.06. The number of hydrogen-bond acceptors (Lipinski definition) is 2. The number of nitrogens with one attached hydrogen (secondary N) is 1. The Kier molecular flexibility index (Phi) is 2.45. The lowest BCUT2D eigenvalue weighted by Gasteiger charge is -2.07. The summed E-state index contributed by atoms with van der Waals surface area (Å²) >= 11 is 0. The quantitative estimate of drug-likeness (QED) is 0.693. The second kappa shape index (κ2) is 4.11. The SMILES string of the molecule is Cc1cc2cn[nH]c2cc1-c1cccc(C=O)c1. The molecule has 1 N–H and O–H groups in total. The van der Waals surface area contributed by atoms with E-state index in [4.69, 9.17) is 0 Å². The third-order valence-electron chi connectivity index (χ3n) is 3.12. The lowest BCUT2D eigenvalue weighted by Crippen LogP contribution is -1.86. The Bertz CT molecular complexity index is 728. The maximum absolute atomic E-state index is 10.8. The molecular formula is C15H12N2O. The summed E-state index contributed by atoms with van der Waals surface area (Å²) in [5, 5.41) is 8.10. The molecule has 0 fully saturated rings. The molecule has 3 aromatic rings. The van der Waals surface area contributed by atoms with E-state index in [2.05, 4.69) is 29.3 Å². The van der Waals surface area contributed by atoms with Gasteiger partial charge in [-0.3, -0.25) is 9.89 Å². The number of aromatic amines is 1. The molecule has 3 heteroatoms. The summed E-state index contributed by atoms with van der Waals surface area (Å²) in [6.07, 6.45) is 2.68. The van der Waals surface area contributed by atoms with Gasteiger partial charge in [0.2, 0.25) is 0 Å². The van der Waals surface area contributed by atoms with Crippen LogP contribution in [-0.2, 0) is 0 Å². The summed E-state index contributed by atoms with van der Waals surface area (Å²) in [7, 11) is 0. The number of aldehydes is 1. The van der Waals surface area contributed by atoms with Gasteiger partial charge in [-0.25, -0.2) is 0 Å². The van der Waals surface area contributed by atoms with Crippen LogP contribution in [0.5, 0.6) is 0 Å². The Morgan fingerprint density at radius 3 is 2.94 bits per heavy atom. The number of rotatable bonds is 2. The van der Waals surface area contributed by atoms with Gasteiger partial charge in [0.25, 0.3) is 0 Å². The predicted molar refractivity (Wildman–Crippen MR) is 71.7 cm³/mol. The minimum atomic E-state index is 0.691.